The van der Waals surface area contributed by atoms with E-state index < -0.39 is 0 Å². The van der Waals surface area contributed by atoms with Gasteiger partial charge in [0.25, 0.3) is 0 Å². The van der Waals surface area contributed by atoms with Gasteiger partial charge in [0.15, 0.2) is 23.0 Å². The molecule has 5 rings (SSSR count). The molecule has 1 aromatic carbocycles. The summed E-state index contributed by atoms with van der Waals surface area (Å²) in [5, 5.41) is 3.77. The van der Waals surface area contributed by atoms with Gasteiger partial charge >= 0.3 is 0 Å². The average molecular weight is 380 g/mol. The van der Waals surface area contributed by atoms with Crippen LogP contribution in [0.25, 0.3) is 11.2 Å². The number of ether oxygens (including phenoxy) is 2. The van der Waals surface area contributed by atoms with Crippen molar-refractivity contribution in [2.45, 2.75) is 31.8 Å². The number of anilines is 1. The van der Waals surface area contributed by atoms with Gasteiger partial charge in [-0.15, -0.1) is 0 Å². The Labute approximate surface area is 163 Å². The molecular formula is C20H24N6O2. The minimum Gasteiger partial charge on any atom is -0.486 e. The minimum absolute atomic E-state index is 0.255. The number of fused-ring (bicyclic) bond motifs is 2. The lowest BCUT2D eigenvalue weighted by molar-refractivity contribution is 0.171. The standard InChI is InChI=1S/C20H24N6O2/c1-13(14-2-3-16-17(10-14)28-9-8-27-16)25-15-4-6-26(7-5-15)20-18-19(22-11-21-18)23-12-24-20/h2-3,10-13,15,25H,4-9H2,1H3,(H,21,22,23,24)/t13-/m1/s1. The van der Waals surface area contributed by atoms with Gasteiger partial charge in [0, 0.05) is 25.2 Å². The number of imidazole rings is 1. The lowest BCUT2D eigenvalue weighted by Gasteiger charge is -2.34. The van der Waals surface area contributed by atoms with Crippen molar-refractivity contribution in [1.29, 1.82) is 0 Å². The molecular weight excluding hydrogens is 356 g/mol. The number of benzene rings is 1. The Hall–Kier alpha value is -2.87. The predicted molar refractivity (Wildman–Crippen MR) is 106 cm³/mol. The zero-order chi connectivity index (χ0) is 18.9. The van der Waals surface area contributed by atoms with Crippen molar-refractivity contribution in [3.8, 4) is 11.5 Å². The molecule has 28 heavy (non-hydrogen) atoms. The molecule has 8 heteroatoms. The molecule has 4 heterocycles. The fourth-order valence-corrected chi connectivity index (χ4v) is 4.03. The van der Waals surface area contributed by atoms with Crippen LogP contribution in [-0.4, -0.2) is 52.3 Å². The molecule has 0 unspecified atom stereocenters. The number of aromatic nitrogens is 4. The number of aromatic amines is 1. The first-order chi connectivity index (χ1) is 13.8. The number of hydrogen-bond acceptors (Lipinski definition) is 7. The minimum atomic E-state index is 0.255. The molecule has 8 nitrogen and oxygen atoms in total. The van der Waals surface area contributed by atoms with Crippen molar-refractivity contribution >= 4 is 17.0 Å². The molecule has 2 aliphatic rings. The highest BCUT2D eigenvalue weighted by atomic mass is 16.6. The Morgan fingerprint density at radius 1 is 1.11 bits per heavy atom. The van der Waals surface area contributed by atoms with Crippen molar-refractivity contribution < 1.29 is 9.47 Å². The average Bonchev–Trinajstić information content (AvgIpc) is 3.23. The lowest BCUT2D eigenvalue weighted by atomic mass is 10.0. The number of nitrogens with zero attached hydrogens (tertiary/aromatic N) is 4. The van der Waals surface area contributed by atoms with Gasteiger partial charge in [-0.3, -0.25) is 0 Å². The second-order valence-corrected chi connectivity index (χ2v) is 7.35. The smallest absolute Gasteiger partial charge is 0.182 e. The fraction of sp³-hybridized carbons (Fsp3) is 0.450. The largest absolute Gasteiger partial charge is 0.486 e. The molecule has 3 aromatic rings. The highest BCUT2D eigenvalue weighted by molar-refractivity contribution is 5.82. The van der Waals surface area contributed by atoms with Gasteiger partial charge in [0.2, 0.25) is 0 Å². The number of hydrogen-bond donors (Lipinski definition) is 2. The first-order valence-corrected chi connectivity index (χ1v) is 9.82. The van der Waals surface area contributed by atoms with E-state index in [2.05, 4.69) is 49.2 Å². The maximum atomic E-state index is 5.72. The van der Waals surface area contributed by atoms with Gasteiger partial charge < -0.3 is 24.7 Å². The molecule has 146 valence electrons. The maximum absolute atomic E-state index is 5.72. The van der Waals surface area contributed by atoms with E-state index in [1.165, 1.54) is 5.56 Å². The van der Waals surface area contributed by atoms with Crippen molar-refractivity contribution in [3.63, 3.8) is 0 Å². The van der Waals surface area contributed by atoms with Crippen LogP contribution in [0.2, 0.25) is 0 Å². The molecule has 1 fully saturated rings. The van der Waals surface area contributed by atoms with Crippen LogP contribution in [0, 0.1) is 0 Å². The van der Waals surface area contributed by atoms with E-state index in [-0.39, 0.29) is 6.04 Å². The second-order valence-electron chi connectivity index (χ2n) is 7.35. The summed E-state index contributed by atoms with van der Waals surface area (Å²) in [5.74, 6) is 2.63. The van der Waals surface area contributed by atoms with Crippen LogP contribution in [0.3, 0.4) is 0 Å². The number of piperidine rings is 1. The Kier molecular flexibility index (Phi) is 4.48. The quantitative estimate of drug-likeness (QED) is 0.719. The zero-order valence-electron chi connectivity index (χ0n) is 15.9. The summed E-state index contributed by atoms with van der Waals surface area (Å²) in [4.78, 5) is 18.4. The summed E-state index contributed by atoms with van der Waals surface area (Å²) < 4.78 is 11.3. The third kappa shape index (κ3) is 3.24. The predicted octanol–water partition coefficient (Wildman–Crippen LogP) is 2.44. The molecule has 0 aliphatic carbocycles. The lowest BCUT2D eigenvalue weighted by Crippen LogP contribution is -2.43. The van der Waals surface area contributed by atoms with Crippen molar-refractivity contribution in [2.24, 2.45) is 0 Å². The molecule has 2 aliphatic heterocycles. The van der Waals surface area contributed by atoms with E-state index in [4.69, 9.17) is 9.47 Å². The van der Waals surface area contributed by atoms with E-state index in [0.717, 1.165) is 54.4 Å². The third-order valence-electron chi connectivity index (χ3n) is 5.55. The molecule has 0 spiro atoms. The van der Waals surface area contributed by atoms with Crippen LogP contribution in [0.4, 0.5) is 5.82 Å². The fourth-order valence-electron chi connectivity index (χ4n) is 4.03. The van der Waals surface area contributed by atoms with E-state index in [1.54, 1.807) is 12.7 Å². The Bertz CT molecular complexity index is 966. The van der Waals surface area contributed by atoms with E-state index in [1.807, 2.05) is 6.07 Å². The Morgan fingerprint density at radius 2 is 1.93 bits per heavy atom. The molecule has 2 aromatic heterocycles. The summed E-state index contributed by atoms with van der Waals surface area (Å²) in [6.45, 7) is 5.35. The summed E-state index contributed by atoms with van der Waals surface area (Å²) in [7, 11) is 0. The molecule has 1 saturated heterocycles. The number of H-pyrrole nitrogens is 1. The van der Waals surface area contributed by atoms with Gasteiger partial charge in [0.1, 0.15) is 25.1 Å². The molecule has 0 amide bonds. The van der Waals surface area contributed by atoms with Crippen LogP contribution < -0.4 is 19.7 Å². The highest BCUT2D eigenvalue weighted by Gasteiger charge is 2.24. The molecule has 0 saturated carbocycles. The van der Waals surface area contributed by atoms with Crippen LogP contribution in [-0.2, 0) is 0 Å². The summed E-state index contributed by atoms with van der Waals surface area (Å²) in [6.07, 6.45) is 5.39. The summed E-state index contributed by atoms with van der Waals surface area (Å²) in [5.41, 5.74) is 2.86. The Morgan fingerprint density at radius 3 is 2.79 bits per heavy atom. The zero-order valence-corrected chi connectivity index (χ0v) is 15.9. The van der Waals surface area contributed by atoms with Gasteiger partial charge in [-0.1, -0.05) is 6.07 Å². The molecule has 1 atom stereocenters. The van der Waals surface area contributed by atoms with Crippen molar-refractivity contribution in [3.05, 3.63) is 36.4 Å². The third-order valence-corrected chi connectivity index (χ3v) is 5.55. The van der Waals surface area contributed by atoms with Crippen molar-refractivity contribution in [2.75, 3.05) is 31.2 Å². The monoisotopic (exact) mass is 380 g/mol. The molecule has 2 N–H and O–H groups in total. The second kappa shape index (κ2) is 7.27. The molecule has 0 radical (unpaired) electrons. The number of nitrogens with one attached hydrogen (secondary N) is 2. The SMILES string of the molecule is C[C@@H](NC1CCN(c2ncnc3nc[nH]c23)CC1)c1ccc2c(c1)OCCO2. The number of rotatable bonds is 4. The Balaban J connectivity index is 1.22. The first-order valence-electron chi connectivity index (χ1n) is 9.82. The first kappa shape index (κ1) is 17.2. The normalized spacial score (nSPS) is 18.4. The van der Waals surface area contributed by atoms with E-state index in [9.17, 15) is 0 Å². The van der Waals surface area contributed by atoms with Crippen LogP contribution in [0.5, 0.6) is 11.5 Å². The topological polar surface area (TPSA) is 88.2 Å². The molecule has 0 bridgehead atoms. The van der Waals surface area contributed by atoms with Crippen LogP contribution >= 0.6 is 0 Å². The van der Waals surface area contributed by atoms with Gasteiger partial charge in [-0.2, -0.15) is 0 Å². The summed E-state index contributed by atoms with van der Waals surface area (Å²) >= 11 is 0. The van der Waals surface area contributed by atoms with E-state index >= 15 is 0 Å². The van der Waals surface area contributed by atoms with Crippen LogP contribution in [0.1, 0.15) is 31.4 Å². The highest BCUT2D eigenvalue weighted by Crippen LogP contribution is 2.33. The van der Waals surface area contributed by atoms with E-state index in [0.29, 0.717) is 19.3 Å². The van der Waals surface area contributed by atoms with Gasteiger partial charge in [0.05, 0.1) is 6.33 Å². The van der Waals surface area contributed by atoms with Gasteiger partial charge in [-0.05, 0) is 37.5 Å². The van der Waals surface area contributed by atoms with Crippen LogP contribution in [0.15, 0.2) is 30.9 Å². The van der Waals surface area contributed by atoms with Crippen molar-refractivity contribution in [1.82, 2.24) is 25.3 Å². The maximum Gasteiger partial charge on any atom is 0.182 e. The summed E-state index contributed by atoms with van der Waals surface area (Å²) in [6, 6.07) is 6.95. The van der Waals surface area contributed by atoms with Gasteiger partial charge in [-0.25, -0.2) is 15.0 Å².